The summed E-state index contributed by atoms with van der Waals surface area (Å²) in [5, 5.41) is 12.7. The third kappa shape index (κ3) is 2.47. The van der Waals surface area contributed by atoms with Gasteiger partial charge in [0.05, 0.1) is 5.60 Å². The zero-order chi connectivity index (χ0) is 11.6. The van der Waals surface area contributed by atoms with Gasteiger partial charge in [0.1, 0.15) is 0 Å². The van der Waals surface area contributed by atoms with Crippen LogP contribution in [0, 0.1) is 6.92 Å². The molecule has 1 aliphatic heterocycles. The first kappa shape index (κ1) is 12.1. The first-order valence-electron chi connectivity index (χ1n) is 6.14. The van der Waals surface area contributed by atoms with Crippen molar-refractivity contribution in [3.63, 3.8) is 0 Å². The highest BCUT2D eigenvalue weighted by atomic mass is 32.1. The summed E-state index contributed by atoms with van der Waals surface area (Å²) >= 11 is 1.73. The molecule has 0 aromatic carbocycles. The normalized spacial score (nSPS) is 21.2. The molecular formula is C13H21NOS. The number of aliphatic hydroxyl groups is 1. The van der Waals surface area contributed by atoms with Crippen LogP contribution in [0.15, 0.2) is 11.4 Å². The minimum atomic E-state index is -0.561. The van der Waals surface area contributed by atoms with E-state index in [0.29, 0.717) is 0 Å². The highest BCUT2D eigenvalue weighted by molar-refractivity contribution is 7.10. The molecule has 0 bridgehead atoms. The van der Waals surface area contributed by atoms with E-state index in [1.165, 1.54) is 17.8 Å². The minimum absolute atomic E-state index is 0.561. The first-order chi connectivity index (χ1) is 7.64. The van der Waals surface area contributed by atoms with Gasteiger partial charge in [-0.3, -0.25) is 0 Å². The van der Waals surface area contributed by atoms with E-state index in [0.717, 1.165) is 31.5 Å². The molecule has 1 aliphatic rings. The van der Waals surface area contributed by atoms with Crippen molar-refractivity contribution in [1.82, 2.24) is 4.90 Å². The fourth-order valence-electron chi connectivity index (χ4n) is 2.44. The fraction of sp³-hybridized carbons (Fsp3) is 0.692. The summed E-state index contributed by atoms with van der Waals surface area (Å²) in [6.45, 7) is 7.53. The lowest BCUT2D eigenvalue weighted by atomic mass is 9.86. The van der Waals surface area contributed by atoms with E-state index in [1.54, 1.807) is 11.3 Å². The number of thiophene rings is 1. The van der Waals surface area contributed by atoms with Crippen molar-refractivity contribution in [2.45, 2.75) is 38.7 Å². The van der Waals surface area contributed by atoms with Crippen molar-refractivity contribution in [2.24, 2.45) is 0 Å². The Morgan fingerprint density at radius 2 is 2.12 bits per heavy atom. The van der Waals surface area contributed by atoms with E-state index in [9.17, 15) is 5.11 Å². The van der Waals surface area contributed by atoms with Crippen LogP contribution >= 0.6 is 11.3 Å². The second kappa shape index (κ2) is 4.86. The SMILES string of the molecule is CCCN1CCC(O)(c2csc(C)c2)CC1. The van der Waals surface area contributed by atoms with Crippen LogP contribution in [0.2, 0.25) is 0 Å². The smallest absolute Gasteiger partial charge is 0.0929 e. The van der Waals surface area contributed by atoms with Crippen LogP contribution in [0.25, 0.3) is 0 Å². The molecule has 0 spiro atoms. The van der Waals surface area contributed by atoms with E-state index in [4.69, 9.17) is 0 Å². The van der Waals surface area contributed by atoms with Crippen LogP contribution in [0.3, 0.4) is 0 Å². The second-order valence-corrected chi connectivity index (χ2v) is 5.93. The molecule has 1 aromatic rings. The molecule has 0 saturated carbocycles. The number of rotatable bonds is 3. The number of hydrogen-bond acceptors (Lipinski definition) is 3. The van der Waals surface area contributed by atoms with E-state index in [1.807, 2.05) is 0 Å². The topological polar surface area (TPSA) is 23.5 Å². The van der Waals surface area contributed by atoms with Crippen molar-refractivity contribution in [3.8, 4) is 0 Å². The van der Waals surface area contributed by atoms with Crippen LogP contribution < -0.4 is 0 Å². The van der Waals surface area contributed by atoms with Crippen molar-refractivity contribution in [1.29, 1.82) is 0 Å². The maximum absolute atomic E-state index is 10.6. The highest BCUT2D eigenvalue weighted by Crippen LogP contribution is 2.35. The standard InChI is InChI=1S/C13H21NOS/c1-3-6-14-7-4-13(15,5-8-14)12-9-11(2)16-10-12/h9-10,15H,3-8H2,1-2H3. The van der Waals surface area contributed by atoms with Gasteiger partial charge in [-0.05, 0) is 49.7 Å². The average molecular weight is 239 g/mol. The zero-order valence-corrected chi connectivity index (χ0v) is 11.0. The van der Waals surface area contributed by atoms with Gasteiger partial charge in [0.25, 0.3) is 0 Å². The Kier molecular flexibility index (Phi) is 3.67. The van der Waals surface area contributed by atoms with Crippen LogP contribution in [-0.4, -0.2) is 29.6 Å². The molecule has 1 N–H and O–H groups in total. The molecule has 1 aromatic heterocycles. The molecule has 16 heavy (non-hydrogen) atoms. The summed E-state index contributed by atoms with van der Waals surface area (Å²) in [5.74, 6) is 0. The monoisotopic (exact) mass is 239 g/mol. The molecule has 2 nitrogen and oxygen atoms in total. The lowest BCUT2D eigenvalue weighted by Gasteiger charge is -2.37. The van der Waals surface area contributed by atoms with Gasteiger partial charge >= 0.3 is 0 Å². The Labute approximate surface area is 102 Å². The largest absolute Gasteiger partial charge is 0.385 e. The van der Waals surface area contributed by atoms with Crippen molar-refractivity contribution in [3.05, 3.63) is 21.9 Å². The third-order valence-corrected chi connectivity index (χ3v) is 4.35. The van der Waals surface area contributed by atoms with Gasteiger partial charge in [0.2, 0.25) is 0 Å². The highest BCUT2D eigenvalue weighted by Gasteiger charge is 2.34. The van der Waals surface area contributed by atoms with Gasteiger partial charge in [-0.2, -0.15) is 0 Å². The Morgan fingerprint density at radius 3 is 2.62 bits per heavy atom. The van der Waals surface area contributed by atoms with Crippen molar-refractivity contribution in [2.75, 3.05) is 19.6 Å². The van der Waals surface area contributed by atoms with E-state index in [-0.39, 0.29) is 0 Å². The van der Waals surface area contributed by atoms with Gasteiger partial charge in [-0.25, -0.2) is 0 Å². The fourth-order valence-corrected chi connectivity index (χ4v) is 3.23. The molecule has 2 rings (SSSR count). The molecule has 2 heterocycles. The molecule has 0 atom stereocenters. The number of piperidine rings is 1. The predicted molar refractivity (Wildman–Crippen MR) is 68.9 cm³/mol. The van der Waals surface area contributed by atoms with Gasteiger partial charge in [-0.15, -0.1) is 11.3 Å². The molecule has 0 unspecified atom stereocenters. The average Bonchev–Trinajstić information content (AvgIpc) is 2.70. The van der Waals surface area contributed by atoms with Gasteiger partial charge in [0.15, 0.2) is 0 Å². The third-order valence-electron chi connectivity index (χ3n) is 3.49. The first-order valence-corrected chi connectivity index (χ1v) is 7.02. The summed E-state index contributed by atoms with van der Waals surface area (Å²) in [6, 6.07) is 2.14. The molecule has 1 saturated heterocycles. The van der Waals surface area contributed by atoms with Crippen LogP contribution in [0.4, 0.5) is 0 Å². The molecule has 3 heteroatoms. The summed E-state index contributed by atoms with van der Waals surface area (Å²) in [7, 11) is 0. The molecule has 90 valence electrons. The number of likely N-dealkylation sites (tertiary alicyclic amines) is 1. The van der Waals surface area contributed by atoms with Crippen molar-refractivity contribution < 1.29 is 5.11 Å². The summed E-state index contributed by atoms with van der Waals surface area (Å²) < 4.78 is 0. The maximum atomic E-state index is 10.6. The summed E-state index contributed by atoms with van der Waals surface area (Å²) in [5.41, 5.74) is 0.570. The molecule has 0 aliphatic carbocycles. The van der Waals surface area contributed by atoms with E-state index >= 15 is 0 Å². The Hall–Kier alpha value is -0.380. The summed E-state index contributed by atoms with van der Waals surface area (Å²) in [6.07, 6.45) is 2.96. The minimum Gasteiger partial charge on any atom is -0.385 e. The Bertz CT molecular complexity index is 339. The predicted octanol–water partition coefficient (Wildman–Crippen LogP) is 2.75. The van der Waals surface area contributed by atoms with Gasteiger partial charge in [0, 0.05) is 18.0 Å². The second-order valence-electron chi connectivity index (χ2n) is 4.82. The van der Waals surface area contributed by atoms with Gasteiger partial charge < -0.3 is 10.0 Å². The van der Waals surface area contributed by atoms with Crippen LogP contribution in [-0.2, 0) is 5.60 Å². The van der Waals surface area contributed by atoms with Crippen LogP contribution in [0.5, 0.6) is 0 Å². The zero-order valence-electron chi connectivity index (χ0n) is 10.2. The Balaban J connectivity index is 2.01. The maximum Gasteiger partial charge on any atom is 0.0929 e. The van der Waals surface area contributed by atoms with Gasteiger partial charge in [-0.1, -0.05) is 6.92 Å². The molecule has 0 radical (unpaired) electrons. The number of aryl methyl sites for hydroxylation is 1. The number of hydrogen-bond donors (Lipinski definition) is 1. The lowest BCUT2D eigenvalue weighted by Crippen LogP contribution is -2.42. The Morgan fingerprint density at radius 1 is 1.44 bits per heavy atom. The quantitative estimate of drug-likeness (QED) is 0.876. The van der Waals surface area contributed by atoms with Crippen LogP contribution in [0.1, 0.15) is 36.6 Å². The molecule has 1 fully saturated rings. The lowest BCUT2D eigenvalue weighted by molar-refractivity contribution is -0.0254. The van der Waals surface area contributed by atoms with Crippen molar-refractivity contribution >= 4 is 11.3 Å². The molecular weight excluding hydrogens is 218 g/mol. The summed E-state index contributed by atoms with van der Waals surface area (Å²) in [4.78, 5) is 3.74. The number of nitrogens with zero attached hydrogens (tertiary/aromatic N) is 1. The van der Waals surface area contributed by atoms with E-state index in [2.05, 4.69) is 30.2 Å². The molecule has 0 amide bonds. The van der Waals surface area contributed by atoms with E-state index < -0.39 is 5.60 Å².